The van der Waals surface area contributed by atoms with E-state index in [9.17, 15) is 9.59 Å². The molecule has 3 N–H and O–H groups in total. The van der Waals surface area contributed by atoms with E-state index in [2.05, 4.69) is 32.5 Å². The van der Waals surface area contributed by atoms with Gasteiger partial charge >= 0.3 is 0 Å². The number of amides is 1. The summed E-state index contributed by atoms with van der Waals surface area (Å²) >= 11 is 0. The molecule has 2 aromatic heterocycles. The molecule has 154 valence electrons. The fourth-order valence-corrected chi connectivity index (χ4v) is 3.30. The first kappa shape index (κ1) is 24.1. The summed E-state index contributed by atoms with van der Waals surface area (Å²) in [6.07, 6.45) is 6.03. The van der Waals surface area contributed by atoms with Crippen molar-refractivity contribution in [2.75, 3.05) is 6.54 Å². The molecule has 1 aliphatic heterocycles. The summed E-state index contributed by atoms with van der Waals surface area (Å²) in [5.74, 6) is 0.469. The Hall–Kier alpha value is -1.96. The van der Waals surface area contributed by atoms with Gasteiger partial charge in [-0.2, -0.15) is 0 Å². The van der Waals surface area contributed by atoms with E-state index < -0.39 is 0 Å². The van der Waals surface area contributed by atoms with Crippen LogP contribution in [0, 0.1) is 6.92 Å². The molecule has 2 unspecified atom stereocenters. The number of halogens is 2. The number of aryl methyl sites for hydroxylation is 1. The molecule has 28 heavy (non-hydrogen) atoms. The van der Waals surface area contributed by atoms with Gasteiger partial charge in [0.25, 0.3) is 5.56 Å². The van der Waals surface area contributed by atoms with Crippen LogP contribution < -0.4 is 16.2 Å². The van der Waals surface area contributed by atoms with E-state index in [1.54, 1.807) is 25.4 Å². The smallest absolute Gasteiger partial charge is 0.254 e. The lowest BCUT2D eigenvalue weighted by Gasteiger charge is -2.30. The highest BCUT2D eigenvalue weighted by Crippen LogP contribution is 2.13. The summed E-state index contributed by atoms with van der Waals surface area (Å²) in [6.45, 7) is 4.88. The summed E-state index contributed by atoms with van der Waals surface area (Å²) in [7, 11) is 0. The van der Waals surface area contributed by atoms with Gasteiger partial charge in [-0.15, -0.1) is 24.8 Å². The Morgan fingerprint density at radius 2 is 2.14 bits per heavy atom. The van der Waals surface area contributed by atoms with Gasteiger partial charge in [-0.3, -0.25) is 14.6 Å². The normalized spacial score (nSPS) is 18.5. The maximum absolute atomic E-state index is 12.4. The highest BCUT2D eigenvalue weighted by Gasteiger charge is 2.22. The molecule has 2 aromatic rings. The molecule has 3 rings (SSSR count). The number of hydrogen-bond donors (Lipinski definition) is 3. The zero-order valence-corrected chi connectivity index (χ0v) is 17.7. The second-order valence-corrected chi connectivity index (χ2v) is 6.78. The Kier molecular flexibility index (Phi) is 9.58. The van der Waals surface area contributed by atoms with E-state index >= 15 is 0 Å². The number of nitrogens with one attached hydrogen (secondary N) is 3. The molecule has 2 atom stereocenters. The highest BCUT2D eigenvalue weighted by atomic mass is 35.5. The molecule has 7 nitrogen and oxygen atoms in total. The number of pyridine rings is 1. The SMILES string of the molecule is Cc1nc(-c2cccnc2)[nH]c(=O)c1CCC(=O)NC1CCCNC1C.Cl.Cl. The minimum absolute atomic E-state index is 0. The monoisotopic (exact) mass is 427 g/mol. The summed E-state index contributed by atoms with van der Waals surface area (Å²) in [6, 6.07) is 4.07. The minimum Gasteiger partial charge on any atom is -0.352 e. The van der Waals surface area contributed by atoms with Gasteiger partial charge < -0.3 is 15.6 Å². The zero-order chi connectivity index (χ0) is 18.5. The van der Waals surface area contributed by atoms with Crippen molar-refractivity contribution in [3.8, 4) is 11.4 Å². The van der Waals surface area contributed by atoms with Gasteiger partial charge in [-0.1, -0.05) is 0 Å². The van der Waals surface area contributed by atoms with Crippen LogP contribution in [-0.2, 0) is 11.2 Å². The van der Waals surface area contributed by atoms with Crippen LogP contribution in [0.25, 0.3) is 11.4 Å². The number of rotatable bonds is 5. The second kappa shape index (κ2) is 11.1. The average Bonchev–Trinajstić information content (AvgIpc) is 2.63. The van der Waals surface area contributed by atoms with Gasteiger partial charge in [0.2, 0.25) is 5.91 Å². The fraction of sp³-hybridized carbons (Fsp3) is 0.474. The van der Waals surface area contributed by atoms with Crippen LogP contribution in [0.1, 0.15) is 37.4 Å². The van der Waals surface area contributed by atoms with Crippen LogP contribution in [0.4, 0.5) is 0 Å². The first-order valence-corrected chi connectivity index (χ1v) is 9.07. The lowest BCUT2D eigenvalue weighted by molar-refractivity contribution is -0.122. The number of piperidine rings is 1. The first-order chi connectivity index (χ1) is 12.5. The summed E-state index contributed by atoms with van der Waals surface area (Å²) < 4.78 is 0. The molecule has 0 aromatic carbocycles. The molecule has 1 saturated heterocycles. The van der Waals surface area contributed by atoms with Crippen LogP contribution in [0.2, 0.25) is 0 Å². The molecule has 0 spiro atoms. The van der Waals surface area contributed by atoms with Crippen molar-refractivity contribution in [1.82, 2.24) is 25.6 Å². The van der Waals surface area contributed by atoms with Crippen LogP contribution in [0.5, 0.6) is 0 Å². The van der Waals surface area contributed by atoms with Crippen molar-refractivity contribution in [1.29, 1.82) is 0 Å². The van der Waals surface area contributed by atoms with Crippen molar-refractivity contribution in [2.24, 2.45) is 0 Å². The topological polar surface area (TPSA) is 99.8 Å². The molecule has 1 aliphatic rings. The maximum atomic E-state index is 12.4. The third-order valence-corrected chi connectivity index (χ3v) is 4.87. The van der Waals surface area contributed by atoms with E-state index in [0.29, 0.717) is 23.5 Å². The molecule has 0 aliphatic carbocycles. The Morgan fingerprint density at radius 3 is 2.79 bits per heavy atom. The fourth-order valence-electron chi connectivity index (χ4n) is 3.30. The van der Waals surface area contributed by atoms with Gasteiger partial charge in [-0.05, 0) is 51.8 Å². The number of H-pyrrole nitrogens is 1. The molecule has 0 radical (unpaired) electrons. The predicted octanol–water partition coefficient (Wildman–Crippen LogP) is 2.17. The average molecular weight is 428 g/mol. The lowest BCUT2D eigenvalue weighted by atomic mass is 9.99. The molecule has 0 saturated carbocycles. The van der Waals surface area contributed by atoms with Gasteiger partial charge in [0.1, 0.15) is 5.82 Å². The number of hydrogen-bond acceptors (Lipinski definition) is 5. The van der Waals surface area contributed by atoms with Crippen molar-refractivity contribution in [3.05, 3.63) is 46.1 Å². The third-order valence-electron chi connectivity index (χ3n) is 4.87. The maximum Gasteiger partial charge on any atom is 0.254 e. The van der Waals surface area contributed by atoms with Crippen LogP contribution in [0.15, 0.2) is 29.3 Å². The van der Waals surface area contributed by atoms with Crippen LogP contribution >= 0.6 is 24.8 Å². The van der Waals surface area contributed by atoms with Gasteiger partial charge in [-0.25, -0.2) is 4.98 Å². The Labute approximate surface area is 177 Å². The van der Waals surface area contributed by atoms with Crippen LogP contribution in [0.3, 0.4) is 0 Å². The number of aromatic amines is 1. The van der Waals surface area contributed by atoms with E-state index in [4.69, 9.17) is 0 Å². The molecule has 1 amide bonds. The Bertz CT molecular complexity index is 829. The van der Waals surface area contributed by atoms with Gasteiger partial charge in [0, 0.05) is 47.7 Å². The van der Waals surface area contributed by atoms with E-state index in [0.717, 1.165) is 24.9 Å². The number of carbonyl (C=O) groups excluding carboxylic acids is 1. The predicted molar refractivity (Wildman–Crippen MR) is 114 cm³/mol. The standard InChI is InChI=1S/C19H25N5O2.2ClH/c1-12-15(7-8-17(25)23-16-6-4-10-21-13(16)2)19(26)24-18(22-12)14-5-3-9-20-11-14;;/h3,5,9,11,13,16,21H,4,6-8,10H2,1-2H3,(H,23,25)(H,22,24,26);2*1H. The number of nitrogens with zero attached hydrogens (tertiary/aromatic N) is 2. The van der Waals surface area contributed by atoms with Gasteiger partial charge in [0.15, 0.2) is 0 Å². The highest BCUT2D eigenvalue weighted by molar-refractivity contribution is 5.85. The summed E-state index contributed by atoms with van der Waals surface area (Å²) in [4.78, 5) is 36.0. The lowest BCUT2D eigenvalue weighted by Crippen LogP contribution is -2.51. The molecule has 9 heteroatoms. The zero-order valence-electron chi connectivity index (χ0n) is 16.0. The minimum atomic E-state index is -0.197. The largest absolute Gasteiger partial charge is 0.352 e. The molecule has 0 bridgehead atoms. The van der Waals surface area contributed by atoms with E-state index in [1.807, 2.05) is 6.07 Å². The van der Waals surface area contributed by atoms with Crippen molar-refractivity contribution >= 4 is 30.7 Å². The quantitative estimate of drug-likeness (QED) is 0.678. The number of aromatic nitrogens is 3. The van der Waals surface area contributed by atoms with Crippen LogP contribution in [-0.4, -0.2) is 39.5 Å². The Morgan fingerprint density at radius 1 is 1.36 bits per heavy atom. The molecular formula is C19H27Cl2N5O2. The molecule has 3 heterocycles. The molecule has 1 fully saturated rings. The summed E-state index contributed by atoms with van der Waals surface area (Å²) in [5, 5.41) is 6.44. The first-order valence-electron chi connectivity index (χ1n) is 9.07. The summed E-state index contributed by atoms with van der Waals surface area (Å²) in [5.41, 5.74) is 1.77. The Balaban J connectivity index is 0.00000196. The van der Waals surface area contributed by atoms with E-state index in [-0.39, 0.29) is 54.8 Å². The van der Waals surface area contributed by atoms with Gasteiger partial charge in [0.05, 0.1) is 0 Å². The van der Waals surface area contributed by atoms with Crippen molar-refractivity contribution in [2.45, 2.75) is 51.6 Å². The van der Waals surface area contributed by atoms with Crippen molar-refractivity contribution in [3.63, 3.8) is 0 Å². The number of carbonyl (C=O) groups is 1. The van der Waals surface area contributed by atoms with E-state index in [1.165, 1.54) is 0 Å². The molecular weight excluding hydrogens is 401 g/mol. The third kappa shape index (κ3) is 6.02. The second-order valence-electron chi connectivity index (χ2n) is 6.78. The van der Waals surface area contributed by atoms with Crippen molar-refractivity contribution < 1.29 is 4.79 Å².